The summed E-state index contributed by atoms with van der Waals surface area (Å²) in [6.45, 7) is 2.13. The van der Waals surface area contributed by atoms with Crippen molar-refractivity contribution in [1.29, 1.82) is 0 Å². The fourth-order valence-electron chi connectivity index (χ4n) is 2.39. The predicted molar refractivity (Wildman–Crippen MR) is 85.4 cm³/mol. The van der Waals surface area contributed by atoms with Crippen molar-refractivity contribution in [1.82, 2.24) is 0 Å². The molecule has 0 nitrogen and oxygen atoms in total. The van der Waals surface area contributed by atoms with Crippen molar-refractivity contribution in [2.24, 2.45) is 0 Å². The van der Waals surface area contributed by atoms with E-state index < -0.39 is 0 Å². The minimum atomic E-state index is 0.0237. The summed E-state index contributed by atoms with van der Waals surface area (Å²) in [4.78, 5) is 5.43. The highest BCUT2D eigenvalue weighted by Gasteiger charge is 2.20. The van der Waals surface area contributed by atoms with Gasteiger partial charge in [-0.25, -0.2) is 0 Å². The molecule has 0 spiro atoms. The van der Waals surface area contributed by atoms with Crippen LogP contribution in [-0.4, -0.2) is 0 Å². The zero-order valence-corrected chi connectivity index (χ0v) is 14.1. The van der Waals surface area contributed by atoms with E-state index in [0.29, 0.717) is 0 Å². The van der Waals surface area contributed by atoms with E-state index in [1.54, 1.807) is 21.8 Å². The van der Waals surface area contributed by atoms with E-state index >= 15 is 0 Å². The van der Waals surface area contributed by atoms with Crippen molar-refractivity contribution < 1.29 is 0 Å². The van der Waals surface area contributed by atoms with Gasteiger partial charge >= 0.3 is 0 Å². The van der Waals surface area contributed by atoms with Gasteiger partial charge in [-0.2, -0.15) is 0 Å². The van der Waals surface area contributed by atoms with Gasteiger partial charge in [-0.15, -0.1) is 34.3 Å². The number of halogens is 2. The summed E-state index contributed by atoms with van der Waals surface area (Å²) in [5, 5.41) is 0.0237. The van der Waals surface area contributed by atoms with Gasteiger partial charge in [0.05, 0.1) is 0 Å². The zero-order chi connectivity index (χ0) is 12.7. The summed E-state index contributed by atoms with van der Waals surface area (Å²) in [6.07, 6.45) is 5.16. The van der Waals surface area contributed by atoms with Crippen LogP contribution in [0.5, 0.6) is 0 Å². The molecule has 4 heteroatoms. The van der Waals surface area contributed by atoms with Crippen LogP contribution >= 0.6 is 50.2 Å². The summed E-state index contributed by atoms with van der Waals surface area (Å²) in [5.41, 5.74) is 1.54. The highest BCUT2D eigenvalue weighted by Crippen LogP contribution is 2.42. The molecule has 1 aliphatic rings. The molecule has 18 heavy (non-hydrogen) atoms. The third kappa shape index (κ3) is 2.43. The lowest BCUT2D eigenvalue weighted by molar-refractivity contribution is 0.697. The van der Waals surface area contributed by atoms with Gasteiger partial charge in [-0.3, -0.25) is 0 Å². The van der Waals surface area contributed by atoms with Gasteiger partial charge in [-0.05, 0) is 66.2 Å². The van der Waals surface area contributed by atoms with E-state index in [1.807, 2.05) is 11.3 Å². The fraction of sp³-hybridized carbons (Fsp3) is 0.429. The molecule has 0 saturated carbocycles. The molecule has 0 fully saturated rings. The molecule has 1 aliphatic carbocycles. The largest absolute Gasteiger partial charge is 0.143 e. The molecule has 0 bridgehead atoms. The van der Waals surface area contributed by atoms with E-state index in [2.05, 4.69) is 35.0 Å². The molecule has 1 atom stereocenters. The highest BCUT2D eigenvalue weighted by molar-refractivity contribution is 9.10. The summed E-state index contributed by atoms with van der Waals surface area (Å²) in [7, 11) is 0. The number of fused-ring (bicyclic) bond motifs is 1. The molecule has 0 amide bonds. The molecule has 0 radical (unpaired) electrons. The van der Waals surface area contributed by atoms with Crippen molar-refractivity contribution in [3.05, 3.63) is 41.7 Å². The Balaban J connectivity index is 1.92. The third-order valence-corrected chi connectivity index (χ3v) is 7.62. The van der Waals surface area contributed by atoms with Crippen molar-refractivity contribution in [3.8, 4) is 0 Å². The lowest BCUT2D eigenvalue weighted by atomic mass is 9.99. The van der Waals surface area contributed by atoms with Crippen LogP contribution in [0.1, 0.15) is 43.3 Å². The second-order valence-electron chi connectivity index (χ2n) is 4.72. The number of hydrogen-bond acceptors (Lipinski definition) is 2. The second kappa shape index (κ2) is 5.28. The van der Waals surface area contributed by atoms with Crippen molar-refractivity contribution in [2.45, 2.75) is 38.0 Å². The van der Waals surface area contributed by atoms with Gasteiger partial charge in [0.15, 0.2) is 0 Å². The Bertz CT molecular complexity index is 527. The van der Waals surface area contributed by atoms with Crippen LogP contribution < -0.4 is 0 Å². The molecule has 2 aromatic rings. The average Bonchev–Trinajstić information content (AvgIpc) is 2.93. The van der Waals surface area contributed by atoms with E-state index in [4.69, 9.17) is 11.6 Å². The number of thiophene rings is 2. The topological polar surface area (TPSA) is 0 Å². The van der Waals surface area contributed by atoms with Crippen molar-refractivity contribution in [3.63, 3.8) is 0 Å². The van der Waals surface area contributed by atoms with Gasteiger partial charge in [0.1, 0.15) is 5.38 Å². The Kier molecular flexibility index (Phi) is 3.86. The third-order valence-electron chi connectivity index (χ3n) is 3.39. The van der Waals surface area contributed by atoms with Crippen LogP contribution in [0.4, 0.5) is 0 Å². The number of aryl methyl sites for hydroxylation is 3. The molecule has 0 aliphatic heterocycles. The minimum absolute atomic E-state index is 0.0237. The first-order chi connectivity index (χ1) is 8.65. The van der Waals surface area contributed by atoms with Crippen LogP contribution in [0.15, 0.2) is 16.6 Å². The Morgan fingerprint density at radius 3 is 2.56 bits per heavy atom. The number of rotatable bonds is 2. The fourth-order valence-corrected chi connectivity index (χ4v) is 5.67. The Morgan fingerprint density at radius 2 is 1.89 bits per heavy atom. The minimum Gasteiger partial charge on any atom is -0.143 e. The van der Waals surface area contributed by atoms with E-state index in [1.165, 1.54) is 44.8 Å². The highest BCUT2D eigenvalue weighted by atomic mass is 79.9. The predicted octanol–water partition coefficient (Wildman–Crippen LogP) is 6.09. The molecule has 3 rings (SSSR count). The maximum Gasteiger partial charge on any atom is 0.102 e. The van der Waals surface area contributed by atoms with Crippen LogP contribution in [-0.2, 0) is 12.8 Å². The molecule has 0 N–H and O–H groups in total. The molecular weight excluding hydrogens is 348 g/mol. The normalized spacial score (nSPS) is 16.6. The summed E-state index contributed by atoms with van der Waals surface area (Å²) < 4.78 is 1.18. The Labute approximate surface area is 129 Å². The average molecular weight is 362 g/mol. The van der Waals surface area contributed by atoms with Gasteiger partial charge in [0.25, 0.3) is 0 Å². The second-order valence-corrected chi connectivity index (χ2v) is 8.47. The molecule has 2 heterocycles. The van der Waals surface area contributed by atoms with Crippen LogP contribution in [0.25, 0.3) is 0 Å². The quantitative estimate of drug-likeness (QED) is 0.568. The molecule has 2 aromatic heterocycles. The Morgan fingerprint density at radius 1 is 1.17 bits per heavy atom. The van der Waals surface area contributed by atoms with Crippen molar-refractivity contribution in [2.75, 3.05) is 0 Å². The van der Waals surface area contributed by atoms with Crippen molar-refractivity contribution >= 4 is 50.2 Å². The SMILES string of the molecule is Cc1sc(C(Cl)c2cc3c(s2)CCCC3)cc1Br. The molecule has 96 valence electrons. The Hall–Kier alpha value is 0.170. The first kappa shape index (κ1) is 13.2. The molecule has 0 aromatic carbocycles. The van der Waals surface area contributed by atoms with Crippen LogP contribution in [0, 0.1) is 6.92 Å². The van der Waals surface area contributed by atoms with Gasteiger partial charge in [-0.1, -0.05) is 0 Å². The van der Waals surface area contributed by atoms with E-state index in [-0.39, 0.29) is 5.38 Å². The summed E-state index contributed by atoms with van der Waals surface area (Å²) >= 11 is 13.9. The summed E-state index contributed by atoms with van der Waals surface area (Å²) in [6, 6.07) is 4.50. The maximum atomic E-state index is 6.64. The smallest absolute Gasteiger partial charge is 0.102 e. The number of alkyl halides is 1. The van der Waals surface area contributed by atoms with Crippen LogP contribution in [0.2, 0.25) is 0 Å². The molecule has 1 unspecified atom stereocenters. The van der Waals surface area contributed by atoms with E-state index in [0.717, 1.165) is 0 Å². The van der Waals surface area contributed by atoms with Crippen LogP contribution in [0.3, 0.4) is 0 Å². The lowest BCUT2D eigenvalue weighted by Gasteiger charge is -2.08. The lowest BCUT2D eigenvalue weighted by Crippen LogP contribution is -1.96. The van der Waals surface area contributed by atoms with Gasteiger partial charge in [0, 0.05) is 24.0 Å². The maximum absolute atomic E-state index is 6.64. The summed E-state index contributed by atoms with van der Waals surface area (Å²) in [5.74, 6) is 0. The standard InChI is InChI=1S/C14H14BrClS2/c1-8-10(15)7-13(17-8)14(16)12-6-9-4-2-3-5-11(9)18-12/h6-7,14H,2-5H2,1H3. The van der Waals surface area contributed by atoms with Gasteiger partial charge < -0.3 is 0 Å². The van der Waals surface area contributed by atoms with Gasteiger partial charge in [0.2, 0.25) is 0 Å². The number of hydrogen-bond donors (Lipinski definition) is 0. The zero-order valence-electron chi connectivity index (χ0n) is 10.1. The first-order valence-corrected chi connectivity index (χ1v) is 9.03. The molecule has 0 saturated heterocycles. The molecular formula is C14H14BrClS2. The first-order valence-electron chi connectivity index (χ1n) is 6.16. The van der Waals surface area contributed by atoms with E-state index in [9.17, 15) is 0 Å². The monoisotopic (exact) mass is 360 g/mol.